The molecule has 1 unspecified atom stereocenters. The van der Waals surface area contributed by atoms with Gasteiger partial charge in [0.15, 0.2) is 0 Å². The number of benzene rings is 3. The minimum absolute atomic E-state index is 0.0522. The smallest absolute Gasteiger partial charge is 0.257 e. The van der Waals surface area contributed by atoms with Crippen LogP contribution < -0.4 is 14.4 Å². The van der Waals surface area contributed by atoms with Crippen LogP contribution in [-0.2, 0) is 4.79 Å². The van der Waals surface area contributed by atoms with Crippen LogP contribution in [0.4, 0.5) is 10.1 Å². The predicted octanol–water partition coefficient (Wildman–Crippen LogP) is 4.34. The third kappa shape index (κ3) is 5.44. The second-order valence-electron chi connectivity index (χ2n) is 9.22. The Morgan fingerprint density at radius 2 is 1.51 bits per heavy atom. The highest BCUT2D eigenvalue weighted by atomic mass is 19.1. The molecular formula is C29H31FN4O3. The molecule has 0 N–H and O–H groups in total. The summed E-state index contributed by atoms with van der Waals surface area (Å²) in [6, 6.07) is 22.2. The Hall–Kier alpha value is -3.91. The van der Waals surface area contributed by atoms with Crippen molar-refractivity contribution in [2.75, 3.05) is 51.8 Å². The van der Waals surface area contributed by atoms with Crippen LogP contribution in [0.2, 0.25) is 0 Å². The van der Waals surface area contributed by atoms with Gasteiger partial charge < -0.3 is 14.4 Å². The zero-order chi connectivity index (χ0) is 25.8. The van der Waals surface area contributed by atoms with E-state index in [9.17, 15) is 9.18 Å². The number of nitrogens with zero attached hydrogens (tertiary/aromatic N) is 4. The minimum atomic E-state index is -0.216. The van der Waals surface area contributed by atoms with Gasteiger partial charge in [-0.2, -0.15) is 5.10 Å². The summed E-state index contributed by atoms with van der Waals surface area (Å²) in [7, 11) is 3.27. The summed E-state index contributed by atoms with van der Waals surface area (Å²) in [5.41, 5.74) is 3.45. The number of carbonyl (C=O) groups excluding carboxylic acids is 1. The Bertz CT molecular complexity index is 1250. The summed E-state index contributed by atoms with van der Waals surface area (Å²) in [5.74, 6) is 1.27. The van der Waals surface area contributed by atoms with E-state index < -0.39 is 0 Å². The Kier molecular flexibility index (Phi) is 7.37. The maximum absolute atomic E-state index is 14.2. The molecule has 1 fully saturated rings. The van der Waals surface area contributed by atoms with E-state index in [-0.39, 0.29) is 24.3 Å². The predicted molar refractivity (Wildman–Crippen MR) is 142 cm³/mol. The molecule has 2 aliphatic heterocycles. The van der Waals surface area contributed by atoms with Gasteiger partial charge in [-0.1, -0.05) is 24.3 Å². The van der Waals surface area contributed by atoms with E-state index in [1.165, 1.54) is 6.07 Å². The normalized spacial score (nSPS) is 18.0. The Labute approximate surface area is 216 Å². The summed E-state index contributed by atoms with van der Waals surface area (Å²) in [6.07, 6.45) is 0.617. The van der Waals surface area contributed by atoms with E-state index in [2.05, 4.69) is 4.90 Å². The monoisotopic (exact) mass is 502 g/mol. The molecule has 192 valence electrons. The van der Waals surface area contributed by atoms with Crippen molar-refractivity contribution < 1.29 is 18.7 Å². The number of ether oxygens (including phenoxy) is 2. The fourth-order valence-corrected chi connectivity index (χ4v) is 4.90. The lowest BCUT2D eigenvalue weighted by Gasteiger charge is -2.36. The molecule has 1 saturated heterocycles. The molecule has 0 aliphatic carbocycles. The number of hydrogen-bond acceptors (Lipinski definition) is 6. The van der Waals surface area contributed by atoms with Gasteiger partial charge in [-0.25, -0.2) is 9.40 Å². The lowest BCUT2D eigenvalue weighted by molar-refractivity contribution is -0.134. The molecule has 8 heteroatoms. The first kappa shape index (κ1) is 24.8. The third-order valence-electron chi connectivity index (χ3n) is 7.01. The average Bonchev–Trinajstić information content (AvgIpc) is 3.40. The first-order chi connectivity index (χ1) is 18.1. The molecule has 3 aromatic carbocycles. The van der Waals surface area contributed by atoms with Crippen LogP contribution in [0.15, 0.2) is 77.9 Å². The number of hydrazone groups is 1. The summed E-state index contributed by atoms with van der Waals surface area (Å²) < 4.78 is 24.8. The lowest BCUT2D eigenvalue weighted by Crippen LogP contribution is -2.49. The van der Waals surface area contributed by atoms with Crippen molar-refractivity contribution in [3.05, 3.63) is 89.7 Å². The first-order valence-electron chi connectivity index (χ1n) is 12.5. The van der Waals surface area contributed by atoms with Crippen molar-refractivity contribution in [1.29, 1.82) is 0 Å². The maximum Gasteiger partial charge on any atom is 0.257 e. The van der Waals surface area contributed by atoms with E-state index in [4.69, 9.17) is 14.6 Å². The summed E-state index contributed by atoms with van der Waals surface area (Å²) in [5, 5.41) is 6.43. The Morgan fingerprint density at radius 3 is 2.14 bits per heavy atom. The molecule has 0 spiro atoms. The summed E-state index contributed by atoms with van der Waals surface area (Å²) >= 11 is 0. The topological polar surface area (TPSA) is 57.6 Å². The van der Waals surface area contributed by atoms with E-state index in [0.29, 0.717) is 38.3 Å². The highest BCUT2D eigenvalue weighted by Gasteiger charge is 2.34. The zero-order valence-corrected chi connectivity index (χ0v) is 21.1. The zero-order valence-electron chi connectivity index (χ0n) is 21.1. The van der Waals surface area contributed by atoms with Crippen LogP contribution in [0.5, 0.6) is 11.5 Å². The van der Waals surface area contributed by atoms with Gasteiger partial charge in [0.2, 0.25) is 0 Å². The van der Waals surface area contributed by atoms with Crippen molar-refractivity contribution in [3.8, 4) is 11.5 Å². The van der Waals surface area contributed by atoms with Crippen LogP contribution in [0.1, 0.15) is 23.6 Å². The molecule has 3 aromatic rings. The SMILES string of the molecule is COc1ccc(C2=NN(C(=O)CN3CCN(c4ccccc4F)CC3)C(c3ccc(OC)cc3)C2)cc1. The van der Waals surface area contributed by atoms with Crippen LogP contribution >= 0.6 is 0 Å². The Morgan fingerprint density at radius 1 is 0.892 bits per heavy atom. The number of methoxy groups -OCH3 is 2. The number of halogens is 1. The molecule has 37 heavy (non-hydrogen) atoms. The highest BCUT2D eigenvalue weighted by molar-refractivity contribution is 6.03. The summed E-state index contributed by atoms with van der Waals surface area (Å²) in [4.78, 5) is 17.7. The van der Waals surface area contributed by atoms with Gasteiger partial charge in [0, 0.05) is 32.6 Å². The number of anilines is 1. The largest absolute Gasteiger partial charge is 0.497 e. The quantitative estimate of drug-likeness (QED) is 0.481. The molecule has 0 radical (unpaired) electrons. The van der Waals surface area contributed by atoms with Gasteiger partial charge in [0.1, 0.15) is 17.3 Å². The maximum atomic E-state index is 14.2. The fourth-order valence-electron chi connectivity index (χ4n) is 4.90. The van der Waals surface area contributed by atoms with Crippen molar-refractivity contribution in [2.45, 2.75) is 12.5 Å². The van der Waals surface area contributed by atoms with Crippen LogP contribution in [0.25, 0.3) is 0 Å². The van der Waals surface area contributed by atoms with Crippen molar-refractivity contribution >= 4 is 17.3 Å². The number of carbonyl (C=O) groups is 1. The van der Waals surface area contributed by atoms with Crippen LogP contribution in [0.3, 0.4) is 0 Å². The van der Waals surface area contributed by atoms with Crippen molar-refractivity contribution in [1.82, 2.24) is 9.91 Å². The number of rotatable bonds is 7. The standard InChI is InChI=1S/C29H31FN4O3/c1-36-23-11-7-21(8-12-23)26-19-28(22-9-13-24(37-2)14-10-22)34(31-26)29(35)20-32-15-17-33(18-16-32)27-6-4-3-5-25(27)30/h3-14,28H,15-20H2,1-2H3. The number of amides is 1. The van der Waals surface area contributed by atoms with E-state index in [1.807, 2.05) is 59.5 Å². The van der Waals surface area contributed by atoms with E-state index in [1.54, 1.807) is 31.4 Å². The molecule has 0 saturated carbocycles. The summed E-state index contributed by atoms with van der Waals surface area (Å²) in [6.45, 7) is 2.94. The number of piperazine rings is 1. The molecule has 2 heterocycles. The number of hydrogen-bond donors (Lipinski definition) is 0. The molecule has 7 nitrogen and oxygen atoms in total. The van der Waals surface area contributed by atoms with Crippen LogP contribution in [-0.4, -0.2) is 68.5 Å². The highest BCUT2D eigenvalue weighted by Crippen LogP contribution is 2.34. The molecule has 1 atom stereocenters. The third-order valence-corrected chi connectivity index (χ3v) is 7.01. The van der Waals surface area contributed by atoms with Crippen molar-refractivity contribution in [2.24, 2.45) is 5.10 Å². The fraction of sp³-hybridized carbons (Fsp3) is 0.310. The minimum Gasteiger partial charge on any atom is -0.497 e. The molecule has 5 rings (SSSR count). The number of para-hydroxylation sites is 1. The molecule has 0 bridgehead atoms. The lowest BCUT2D eigenvalue weighted by atomic mass is 9.98. The molecular weight excluding hydrogens is 471 g/mol. The van der Waals surface area contributed by atoms with Gasteiger partial charge in [-0.3, -0.25) is 9.69 Å². The van der Waals surface area contributed by atoms with Gasteiger partial charge >= 0.3 is 0 Å². The second-order valence-corrected chi connectivity index (χ2v) is 9.22. The van der Waals surface area contributed by atoms with Crippen molar-refractivity contribution in [3.63, 3.8) is 0 Å². The van der Waals surface area contributed by atoms with Gasteiger partial charge in [-0.05, 0) is 59.7 Å². The first-order valence-corrected chi connectivity index (χ1v) is 12.5. The van der Waals surface area contributed by atoms with E-state index in [0.717, 1.165) is 28.3 Å². The average molecular weight is 503 g/mol. The van der Waals surface area contributed by atoms with Gasteiger partial charge in [0.25, 0.3) is 5.91 Å². The van der Waals surface area contributed by atoms with Gasteiger partial charge in [-0.15, -0.1) is 0 Å². The van der Waals surface area contributed by atoms with E-state index >= 15 is 0 Å². The van der Waals surface area contributed by atoms with Crippen LogP contribution in [0, 0.1) is 5.82 Å². The Balaban J connectivity index is 1.31. The molecule has 1 amide bonds. The molecule has 0 aromatic heterocycles. The van der Waals surface area contributed by atoms with Gasteiger partial charge in [0.05, 0.1) is 38.2 Å². The molecule has 2 aliphatic rings. The second kappa shape index (κ2) is 11.0.